The summed E-state index contributed by atoms with van der Waals surface area (Å²) < 4.78 is 15.5. The summed E-state index contributed by atoms with van der Waals surface area (Å²) in [5.41, 5.74) is 4.33. The highest BCUT2D eigenvalue weighted by Crippen LogP contribution is 2.29. The lowest BCUT2D eigenvalue weighted by atomic mass is 9.97. The zero-order valence-corrected chi connectivity index (χ0v) is 18.2. The summed E-state index contributed by atoms with van der Waals surface area (Å²) >= 11 is 0. The van der Waals surface area contributed by atoms with Gasteiger partial charge in [-0.2, -0.15) is 0 Å². The fourth-order valence-corrected chi connectivity index (χ4v) is 3.34. The zero-order chi connectivity index (χ0) is 22.3. The van der Waals surface area contributed by atoms with Gasteiger partial charge in [0.15, 0.2) is 0 Å². The zero-order valence-electron chi connectivity index (χ0n) is 18.2. The second-order valence-corrected chi connectivity index (χ2v) is 7.63. The lowest BCUT2D eigenvalue weighted by Gasteiger charge is -2.28. The molecular formula is C26H30FNO2. The number of hydrogen-bond donors (Lipinski definition) is 1. The Morgan fingerprint density at radius 1 is 1.07 bits per heavy atom. The van der Waals surface area contributed by atoms with Gasteiger partial charge in [-0.15, -0.1) is 0 Å². The lowest BCUT2D eigenvalue weighted by molar-refractivity contribution is 0.0697. The van der Waals surface area contributed by atoms with Gasteiger partial charge in [0.05, 0.1) is 5.56 Å². The highest BCUT2D eigenvalue weighted by Gasteiger charge is 2.18. The number of hydrogen-bond acceptors (Lipinski definition) is 2. The van der Waals surface area contributed by atoms with Crippen LogP contribution in [-0.2, 0) is 6.54 Å². The van der Waals surface area contributed by atoms with E-state index in [0.29, 0.717) is 23.2 Å². The number of halogens is 1. The Bertz CT molecular complexity index is 984. The van der Waals surface area contributed by atoms with E-state index in [1.807, 2.05) is 32.9 Å². The van der Waals surface area contributed by atoms with E-state index < -0.39 is 11.8 Å². The van der Waals surface area contributed by atoms with Crippen LogP contribution in [0, 0.1) is 5.82 Å². The fourth-order valence-electron chi connectivity index (χ4n) is 3.34. The molecule has 2 aromatic rings. The first-order valence-corrected chi connectivity index (χ1v) is 10.1. The van der Waals surface area contributed by atoms with Crippen LogP contribution in [0.1, 0.15) is 50.0 Å². The summed E-state index contributed by atoms with van der Waals surface area (Å²) in [6.07, 6.45) is 4.96. The first-order valence-electron chi connectivity index (χ1n) is 10.1. The molecule has 0 heterocycles. The van der Waals surface area contributed by atoms with Crippen molar-refractivity contribution in [3.63, 3.8) is 0 Å². The van der Waals surface area contributed by atoms with E-state index in [2.05, 4.69) is 18.4 Å². The number of allylic oxidation sites excluding steroid dienone is 4. The van der Waals surface area contributed by atoms with Crippen LogP contribution in [0.3, 0.4) is 0 Å². The molecule has 0 aromatic heterocycles. The minimum absolute atomic E-state index is 0.0880. The molecule has 0 bridgehead atoms. The van der Waals surface area contributed by atoms with Gasteiger partial charge < -0.3 is 10.0 Å². The van der Waals surface area contributed by atoms with E-state index in [9.17, 15) is 9.90 Å². The molecule has 1 N–H and O–H groups in total. The summed E-state index contributed by atoms with van der Waals surface area (Å²) in [5, 5.41) is 9.49. The first kappa shape index (κ1) is 23.1. The maximum atomic E-state index is 15.5. The number of aromatic carboxylic acids is 1. The molecule has 2 rings (SSSR count). The quantitative estimate of drug-likeness (QED) is 0.463. The van der Waals surface area contributed by atoms with Crippen LogP contribution >= 0.6 is 0 Å². The molecule has 0 aliphatic carbocycles. The van der Waals surface area contributed by atoms with Crippen molar-refractivity contribution in [2.45, 2.75) is 40.7 Å². The molecule has 0 spiro atoms. The summed E-state index contributed by atoms with van der Waals surface area (Å²) in [4.78, 5) is 13.7. The normalized spacial score (nSPS) is 11.2. The molecule has 0 radical (unpaired) electrons. The Morgan fingerprint density at radius 2 is 1.73 bits per heavy atom. The molecule has 3 nitrogen and oxygen atoms in total. The molecule has 0 aliphatic heterocycles. The van der Waals surface area contributed by atoms with Crippen LogP contribution in [0.2, 0.25) is 0 Å². The molecule has 158 valence electrons. The van der Waals surface area contributed by atoms with Gasteiger partial charge in [0.25, 0.3) is 0 Å². The molecule has 0 saturated carbocycles. The topological polar surface area (TPSA) is 40.5 Å². The van der Waals surface area contributed by atoms with Gasteiger partial charge in [-0.1, -0.05) is 61.5 Å². The maximum Gasteiger partial charge on any atom is 0.336 e. The van der Waals surface area contributed by atoms with E-state index in [4.69, 9.17) is 0 Å². The standard InChI is InChI=1S/C26H30FNO2/c1-6-16-28(24(19(4)5)15-14-18(2)3)17-20-10-9-13-22(25(20)27)21-11-7-8-12-23(21)26(29)30/h7-15H,4,6,16-17H2,1-3,5H3,(H,29,30)/b24-15+. The Balaban J connectivity index is 2.50. The fraction of sp³-hybridized carbons (Fsp3) is 0.269. The van der Waals surface area contributed by atoms with Crippen LogP contribution in [0.25, 0.3) is 11.1 Å². The molecule has 0 amide bonds. The minimum Gasteiger partial charge on any atom is -0.478 e. The molecule has 0 saturated heterocycles. The molecule has 0 unspecified atom stereocenters. The van der Waals surface area contributed by atoms with Gasteiger partial charge in [0.2, 0.25) is 0 Å². The van der Waals surface area contributed by atoms with Crippen LogP contribution in [-0.4, -0.2) is 22.5 Å². The van der Waals surface area contributed by atoms with Crippen LogP contribution in [0.15, 0.2) is 78.0 Å². The monoisotopic (exact) mass is 407 g/mol. The van der Waals surface area contributed by atoms with E-state index in [0.717, 1.165) is 24.2 Å². The molecule has 0 fully saturated rings. The highest BCUT2D eigenvalue weighted by atomic mass is 19.1. The summed E-state index contributed by atoms with van der Waals surface area (Å²) in [6, 6.07) is 11.7. The van der Waals surface area contributed by atoms with E-state index in [-0.39, 0.29) is 5.56 Å². The average molecular weight is 408 g/mol. The van der Waals surface area contributed by atoms with Crippen LogP contribution < -0.4 is 0 Å². The van der Waals surface area contributed by atoms with Gasteiger partial charge >= 0.3 is 5.97 Å². The molecular weight excluding hydrogens is 377 g/mol. The van der Waals surface area contributed by atoms with Gasteiger partial charge in [0, 0.05) is 29.9 Å². The van der Waals surface area contributed by atoms with Crippen molar-refractivity contribution in [3.05, 3.63) is 95.0 Å². The van der Waals surface area contributed by atoms with Gasteiger partial charge in [0.1, 0.15) is 5.82 Å². The Labute approximate surface area is 178 Å². The molecule has 4 heteroatoms. The third-order valence-electron chi connectivity index (χ3n) is 4.73. The first-order chi connectivity index (χ1) is 14.3. The summed E-state index contributed by atoms with van der Waals surface area (Å²) in [5.74, 6) is -1.46. The highest BCUT2D eigenvalue weighted by molar-refractivity contribution is 5.96. The third kappa shape index (κ3) is 5.69. The number of benzene rings is 2. The largest absolute Gasteiger partial charge is 0.478 e. The SMILES string of the molecule is C=C(C)/C(=C\C=C(C)C)N(CCC)Cc1cccc(-c2ccccc2C(=O)O)c1F. The van der Waals surface area contributed by atoms with Crippen molar-refractivity contribution in [3.8, 4) is 11.1 Å². The van der Waals surface area contributed by atoms with E-state index >= 15 is 4.39 Å². The minimum atomic E-state index is -1.07. The van der Waals surface area contributed by atoms with E-state index in [1.165, 1.54) is 11.6 Å². The second-order valence-electron chi connectivity index (χ2n) is 7.63. The summed E-state index contributed by atoms with van der Waals surface area (Å²) in [7, 11) is 0. The Morgan fingerprint density at radius 3 is 2.33 bits per heavy atom. The van der Waals surface area contributed by atoms with Gasteiger partial charge in [-0.3, -0.25) is 0 Å². The van der Waals surface area contributed by atoms with E-state index in [1.54, 1.807) is 36.4 Å². The Hall–Kier alpha value is -3.14. The average Bonchev–Trinajstić information content (AvgIpc) is 2.69. The predicted molar refractivity (Wildman–Crippen MR) is 122 cm³/mol. The summed E-state index contributed by atoms with van der Waals surface area (Å²) in [6.45, 7) is 13.3. The van der Waals surface area contributed by atoms with Crippen LogP contribution in [0.5, 0.6) is 0 Å². The number of rotatable bonds is 9. The number of carboxylic acids is 1. The van der Waals surface area contributed by atoms with Crippen molar-refractivity contribution in [1.29, 1.82) is 0 Å². The number of carbonyl (C=O) groups is 1. The van der Waals surface area contributed by atoms with Crippen molar-refractivity contribution in [2.75, 3.05) is 6.54 Å². The van der Waals surface area contributed by atoms with Crippen molar-refractivity contribution in [1.82, 2.24) is 4.90 Å². The molecule has 30 heavy (non-hydrogen) atoms. The van der Waals surface area contributed by atoms with Crippen LogP contribution in [0.4, 0.5) is 4.39 Å². The number of carboxylic acid groups (broad SMARTS) is 1. The van der Waals surface area contributed by atoms with Crippen molar-refractivity contribution in [2.24, 2.45) is 0 Å². The third-order valence-corrected chi connectivity index (χ3v) is 4.73. The lowest BCUT2D eigenvalue weighted by Crippen LogP contribution is -2.24. The van der Waals surface area contributed by atoms with Crippen molar-refractivity contribution < 1.29 is 14.3 Å². The van der Waals surface area contributed by atoms with Gasteiger partial charge in [-0.05, 0) is 50.5 Å². The smallest absolute Gasteiger partial charge is 0.336 e. The maximum absolute atomic E-state index is 15.5. The molecule has 0 atom stereocenters. The predicted octanol–water partition coefficient (Wildman–Crippen LogP) is 6.83. The van der Waals surface area contributed by atoms with Gasteiger partial charge in [-0.25, -0.2) is 9.18 Å². The second kappa shape index (κ2) is 10.6. The Kier molecular flexibility index (Phi) is 8.16. The molecule has 2 aromatic carbocycles. The molecule has 0 aliphatic rings. The van der Waals surface area contributed by atoms with Crippen molar-refractivity contribution >= 4 is 5.97 Å². The number of nitrogens with zero attached hydrogens (tertiary/aromatic N) is 1.